The zero-order valence-corrected chi connectivity index (χ0v) is 16.0. The van der Waals surface area contributed by atoms with Crippen LogP contribution in [-0.4, -0.2) is 63.4 Å². The van der Waals surface area contributed by atoms with E-state index in [1.54, 1.807) is 5.38 Å². The van der Waals surface area contributed by atoms with Gasteiger partial charge < -0.3 is 32.0 Å². The number of hydrogen-bond donors (Lipinski definition) is 5. The molecule has 0 aliphatic carbocycles. The van der Waals surface area contributed by atoms with Gasteiger partial charge in [0.1, 0.15) is 17.6 Å². The molecular weight excluding hydrogens is 396 g/mol. The Morgan fingerprint density at radius 1 is 1.63 bits per heavy atom. The average molecular weight is 416 g/mol. The van der Waals surface area contributed by atoms with E-state index in [2.05, 4.69) is 20.8 Å². The fourth-order valence-electron chi connectivity index (χ4n) is 2.11. The van der Waals surface area contributed by atoms with Crippen molar-refractivity contribution in [2.45, 2.75) is 30.4 Å². The number of thiazole rings is 1. The van der Waals surface area contributed by atoms with E-state index in [0.29, 0.717) is 23.1 Å². The minimum atomic E-state index is -1.73. The molecule has 0 saturated carbocycles. The molecule has 1 saturated heterocycles. The van der Waals surface area contributed by atoms with Crippen molar-refractivity contribution in [2.75, 3.05) is 18.0 Å². The summed E-state index contributed by atoms with van der Waals surface area (Å²) in [6, 6.07) is -0.704. The molecule has 1 aromatic rings. The number of β-lactam (4-membered cyclic amide) rings is 1. The van der Waals surface area contributed by atoms with Gasteiger partial charge in [0.15, 0.2) is 5.13 Å². The van der Waals surface area contributed by atoms with E-state index in [-0.39, 0.29) is 17.7 Å². The van der Waals surface area contributed by atoms with Crippen LogP contribution in [0.3, 0.4) is 0 Å². The van der Waals surface area contributed by atoms with Crippen molar-refractivity contribution in [2.24, 2.45) is 10.9 Å². The summed E-state index contributed by atoms with van der Waals surface area (Å²) in [7, 11) is 0. The number of carbonyl (C=O) groups is 3. The number of oxime groups is 1. The molecule has 1 unspecified atom stereocenters. The first-order chi connectivity index (χ1) is 12.7. The van der Waals surface area contributed by atoms with Crippen LogP contribution >= 0.6 is 23.1 Å². The first kappa shape index (κ1) is 20.9. The minimum absolute atomic E-state index is 0.0855. The predicted molar refractivity (Wildman–Crippen MR) is 101 cm³/mol. The topological polar surface area (TPSA) is 182 Å². The number of aromatic nitrogens is 1. The van der Waals surface area contributed by atoms with E-state index in [9.17, 15) is 19.5 Å². The zero-order valence-electron chi connectivity index (χ0n) is 14.4. The van der Waals surface area contributed by atoms with E-state index in [0.717, 1.165) is 6.21 Å². The molecule has 13 heteroatoms. The standard InChI is InChI=1S/C14H20N6O5S2/c1-14(12(23)24,4-7-6-27-13(16)18-7)25-17-5-8(21)19-9-10(22)20-11(9)26-3-2-15/h5-6,9,11H,2-4,15H2,1H3,(H2,16,18)(H,19,21)(H,20,22)(H,23,24)/t9-,11-,14?/m1/s1. The van der Waals surface area contributed by atoms with Gasteiger partial charge in [0.25, 0.3) is 5.91 Å². The number of anilines is 1. The van der Waals surface area contributed by atoms with Gasteiger partial charge in [-0.25, -0.2) is 9.78 Å². The molecular formula is C14H20N6O5S2. The maximum absolute atomic E-state index is 11.9. The number of nitrogens with two attached hydrogens (primary N) is 2. The lowest BCUT2D eigenvalue weighted by molar-refractivity contribution is -0.163. The number of aliphatic carboxylic acids is 1. The Labute approximate surface area is 162 Å². The number of nitrogens with one attached hydrogen (secondary N) is 2. The normalized spacial score (nSPS) is 21.2. The van der Waals surface area contributed by atoms with Crippen molar-refractivity contribution in [3.8, 4) is 0 Å². The number of amides is 2. The summed E-state index contributed by atoms with van der Waals surface area (Å²) in [5.74, 6) is -1.64. The van der Waals surface area contributed by atoms with Crippen LogP contribution in [0.15, 0.2) is 10.5 Å². The quantitative estimate of drug-likeness (QED) is 0.177. The summed E-state index contributed by atoms with van der Waals surface area (Å²) in [5, 5.41) is 19.6. The van der Waals surface area contributed by atoms with Crippen LogP contribution in [-0.2, 0) is 25.6 Å². The Morgan fingerprint density at radius 3 is 2.93 bits per heavy atom. The first-order valence-electron chi connectivity index (χ1n) is 7.82. The van der Waals surface area contributed by atoms with Gasteiger partial charge in [-0.1, -0.05) is 5.16 Å². The van der Waals surface area contributed by atoms with Crippen LogP contribution in [0.1, 0.15) is 12.6 Å². The van der Waals surface area contributed by atoms with Crippen LogP contribution in [0.2, 0.25) is 0 Å². The van der Waals surface area contributed by atoms with Crippen molar-refractivity contribution in [3.63, 3.8) is 0 Å². The van der Waals surface area contributed by atoms with Crippen molar-refractivity contribution in [1.29, 1.82) is 0 Å². The first-order valence-corrected chi connectivity index (χ1v) is 9.75. The number of rotatable bonds is 10. The molecule has 1 fully saturated rings. The van der Waals surface area contributed by atoms with E-state index < -0.39 is 23.5 Å². The fourth-order valence-corrected chi connectivity index (χ4v) is 3.64. The summed E-state index contributed by atoms with van der Waals surface area (Å²) in [6.45, 7) is 1.75. The molecule has 11 nitrogen and oxygen atoms in total. The van der Waals surface area contributed by atoms with Gasteiger partial charge in [-0.2, -0.15) is 0 Å². The van der Waals surface area contributed by atoms with Crippen molar-refractivity contribution in [3.05, 3.63) is 11.1 Å². The Kier molecular flexibility index (Phi) is 6.98. The van der Waals surface area contributed by atoms with Crippen LogP contribution in [0, 0.1) is 0 Å². The van der Waals surface area contributed by atoms with Gasteiger partial charge in [0.05, 0.1) is 5.69 Å². The summed E-state index contributed by atoms with van der Waals surface area (Å²) in [6.07, 6.45) is 0.699. The molecule has 1 aliphatic heterocycles. The lowest BCUT2D eigenvalue weighted by Crippen LogP contribution is -2.68. The second kappa shape index (κ2) is 9.01. The molecule has 2 amide bonds. The van der Waals surface area contributed by atoms with Crippen LogP contribution in [0.25, 0.3) is 0 Å². The van der Waals surface area contributed by atoms with Crippen molar-refractivity contribution < 1.29 is 24.3 Å². The molecule has 0 radical (unpaired) electrons. The molecule has 3 atom stereocenters. The number of hydrogen-bond acceptors (Lipinski definition) is 10. The Balaban J connectivity index is 1.90. The van der Waals surface area contributed by atoms with Crippen LogP contribution in [0.5, 0.6) is 0 Å². The monoisotopic (exact) mass is 416 g/mol. The maximum atomic E-state index is 11.9. The lowest BCUT2D eigenvalue weighted by Gasteiger charge is -2.36. The fraction of sp³-hybridized carbons (Fsp3) is 0.500. The summed E-state index contributed by atoms with van der Waals surface area (Å²) >= 11 is 2.59. The average Bonchev–Trinajstić information content (AvgIpc) is 3.00. The lowest BCUT2D eigenvalue weighted by atomic mass is 10.0. The van der Waals surface area contributed by atoms with E-state index in [4.69, 9.17) is 16.3 Å². The Morgan fingerprint density at radius 2 is 2.37 bits per heavy atom. The van der Waals surface area contributed by atoms with Crippen molar-refractivity contribution >= 4 is 52.2 Å². The molecule has 2 rings (SSSR count). The number of carbonyl (C=O) groups excluding carboxylic acids is 2. The summed E-state index contributed by atoms with van der Waals surface area (Å²) < 4.78 is 0. The van der Waals surface area contributed by atoms with Gasteiger partial charge in [-0.15, -0.1) is 23.1 Å². The SMILES string of the molecule is CC(Cc1csc(N)n1)(ON=CC(=O)N[C@@H]1C(=O)N[C@@H]1SCCN)C(=O)O. The molecule has 2 heterocycles. The number of nitrogen functional groups attached to an aromatic ring is 1. The molecule has 7 N–H and O–H groups in total. The highest BCUT2D eigenvalue weighted by atomic mass is 32.2. The van der Waals surface area contributed by atoms with E-state index in [1.165, 1.54) is 30.0 Å². The van der Waals surface area contributed by atoms with E-state index >= 15 is 0 Å². The third kappa shape index (κ3) is 5.55. The molecule has 0 bridgehead atoms. The van der Waals surface area contributed by atoms with Gasteiger partial charge in [-0.3, -0.25) is 9.59 Å². The highest BCUT2D eigenvalue weighted by molar-refractivity contribution is 8.00. The number of nitrogens with zero attached hydrogens (tertiary/aromatic N) is 2. The number of carboxylic acid groups (broad SMARTS) is 1. The largest absolute Gasteiger partial charge is 0.478 e. The highest BCUT2D eigenvalue weighted by Gasteiger charge is 2.40. The second-order valence-electron chi connectivity index (χ2n) is 5.79. The summed E-state index contributed by atoms with van der Waals surface area (Å²) in [4.78, 5) is 44.0. The minimum Gasteiger partial charge on any atom is -0.478 e. The highest BCUT2D eigenvalue weighted by Crippen LogP contribution is 2.21. The third-order valence-electron chi connectivity index (χ3n) is 3.55. The van der Waals surface area contributed by atoms with Gasteiger partial charge >= 0.3 is 5.97 Å². The molecule has 1 aromatic heterocycles. The van der Waals surface area contributed by atoms with Crippen LogP contribution in [0.4, 0.5) is 5.13 Å². The number of carboxylic acids is 1. The van der Waals surface area contributed by atoms with Gasteiger partial charge in [0.2, 0.25) is 11.5 Å². The number of thioether (sulfide) groups is 1. The van der Waals surface area contributed by atoms with Crippen molar-refractivity contribution in [1.82, 2.24) is 15.6 Å². The second-order valence-corrected chi connectivity index (χ2v) is 7.93. The molecule has 0 aromatic carbocycles. The van der Waals surface area contributed by atoms with Gasteiger partial charge in [0, 0.05) is 24.1 Å². The molecule has 27 heavy (non-hydrogen) atoms. The Hall–Kier alpha value is -2.38. The molecule has 148 valence electrons. The maximum Gasteiger partial charge on any atom is 0.351 e. The third-order valence-corrected chi connectivity index (χ3v) is 5.49. The molecule has 0 spiro atoms. The smallest absolute Gasteiger partial charge is 0.351 e. The zero-order chi connectivity index (χ0) is 20.0. The summed E-state index contributed by atoms with van der Waals surface area (Å²) in [5.41, 5.74) is 9.64. The Bertz CT molecular complexity index is 741. The van der Waals surface area contributed by atoms with E-state index in [1.807, 2.05) is 0 Å². The van der Waals surface area contributed by atoms with Gasteiger partial charge in [-0.05, 0) is 6.92 Å². The molecule has 1 aliphatic rings. The predicted octanol–water partition coefficient (Wildman–Crippen LogP) is -1.25. The van der Waals surface area contributed by atoms with Crippen LogP contribution < -0.4 is 22.1 Å².